The zero-order valence-corrected chi connectivity index (χ0v) is 11.3. The number of carbonyl (C=O) groups excluding carboxylic acids is 1. The highest BCUT2D eigenvalue weighted by Gasteiger charge is 2.46. The van der Waals surface area contributed by atoms with Crippen LogP contribution >= 0.6 is 0 Å². The second-order valence-corrected chi connectivity index (χ2v) is 5.97. The molecule has 0 amide bonds. The number of alkyl halides is 3. The lowest BCUT2D eigenvalue weighted by Crippen LogP contribution is -2.40. The van der Waals surface area contributed by atoms with E-state index >= 15 is 0 Å². The van der Waals surface area contributed by atoms with Crippen LogP contribution in [0.5, 0.6) is 0 Å². The summed E-state index contributed by atoms with van der Waals surface area (Å²) >= 11 is 0. The third-order valence-electron chi connectivity index (χ3n) is 3.09. The third kappa shape index (κ3) is 3.62. The molecule has 20 heavy (non-hydrogen) atoms. The summed E-state index contributed by atoms with van der Waals surface area (Å²) in [6.07, 6.45) is 1.47. The van der Waals surface area contributed by atoms with Gasteiger partial charge in [-0.05, 0) is 18.7 Å². The maximum atomic E-state index is 12.2. The van der Waals surface area contributed by atoms with Crippen molar-refractivity contribution in [2.24, 2.45) is 16.2 Å². The SMILES string of the molecule is COC(=O)C1CCCCC1/C([O-])=N/S(=O)(=O)C(F)(F)F. The molecule has 0 radical (unpaired) electrons. The molecule has 1 aliphatic carbocycles. The molecular weight excluding hydrogens is 303 g/mol. The lowest BCUT2D eigenvalue weighted by Gasteiger charge is -2.32. The smallest absolute Gasteiger partial charge is 0.518 e. The van der Waals surface area contributed by atoms with E-state index in [9.17, 15) is 31.5 Å². The van der Waals surface area contributed by atoms with Crippen molar-refractivity contribution in [1.29, 1.82) is 0 Å². The Labute approximate surface area is 113 Å². The van der Waals surface area contributed by atoms with Crippen molar-refractivity contribution < 1.29 is 36.2 Å². The number of nitrogens with zero attached hydrogens (tertiary/aromatic N) is 1. The van der Waals surface area contributed by atoms with Gasteiger partial charge in [-0.1, -0.05) is 12.8 Å². The van der Waals surface area contributed by atoms with Crippen LogP contribution in [0.3, 0.4) is 0 Å². The van der Waals surface area contributed by atoms with Crippen LogP contribution in [0.4, 0.5) is 13.2 Å². The molecule has 0 aromatic heterocycles. The summed E-state index contributed by atoms with van der Waals surface area (Å²) in [7, 11) is -4.79. The van der Waals surface area contributed by atoms with Crippen molar-refractivity contribution in [3.05, 3.63) is 0 Å². The zero-order chi connectivity index (χ0) is 15.6. The van der Waals surface area contributed by atoms with Gasteiger partial charge < -0.3 is 9.84 Å². The highest BCUT2D eigenvalue weighted by atomic mass is 32.2. The number of methoxy groups -OCH3 is 1. The van der Waals surface area contributed by atoms with Crippen LogP contribution in [0.1, 0.15) is 25.7 Å². The standard InChI is InChI=1S/C10H14F3NO5S/c1-19-9(16)7-5-3-2-4-6(7)8(15)14-20(17,18)10(11,12)13/h6-7H,2-5H2,1H3,(H,14,15)/p-1. The Morgan fingerprint density at radius 1 is 1.25 bits per heavy atom. The van der Waals surface area contributed by atoms with Crippen molar-refractivity contribution >= 4 is 21.9 Å². The molecule has 0 saturated heterocycles. The van der Waals surface area contributed by atoms with Crippen LogP contribution in [-0.4, -0.2) is 32.9 Å². The summed E-state index contributed by atoms with van der Waals surface area (Å²) in [5.41, 5.74) is -5.63. The lowest BCUT2D eigenvalue weighted by molar-refractivity contribution is -0.227. The van der Waals surface area contributed by atoms with Gasteiger partial charge in [-0.25, -0.2) is 0 Å². The summed E-state index contributed by atoms with van der Waals surface area (Å²) in [5.74, 6) is -4.33. The van der Waals surface area contributed by atoms with Gasteiger partial charge in [-0.3, -0.25) is 4.79 Å². The molecule has 6 nitrogen and oxygen atoms in total. The third-order valence-corrected chi connectivity index (χ3v) is 4.10. The summed E-state index contributed by atoms with van der Waals surface area (Å²) in [6, 6.07) is 0. The van der Waals surface area contributed by atoms with Crippen LogP contribution in [-0.2, 0) is 19.6 Å². The molecule has 1 saturated carbocycles. The minimum Gasteiger partial charge on any atom is -0.861 e. The largest absolute Gasteiger partial charge is 0.861 e. The molecule has 0 aromatic rings. The van der Waals surface area contributed by atoms with Gasteiger partial charge in [0.25, 0.3) is 0 Å². The van der Waals surface area contributed by atoms with E-state index in [-0.39, 0.29) is 12.8 Å². The Morgan fingerprint density at radius 2 is 1.75 bits per heavy atom. The van der Waals surface area contributed by atoms with Crippen LogP contribution < -0.4 is 5.11 Å². The highest BCUT2D eigenvalue weighted by Crippen LogP contribution is 2.32. The summed E-state index contributed by atoms with van der Waals surface area (Å²) in [4.78, 5) is 11.5. The van der Waals surface area contributed by atoms with Gasteiger partial charge in [-0.2, -0.15) is 26.0 Å². The second kappa shape index (κ2) is 5.98. The molecule has 0 N–H and O–H groups in total. The van der Waals surface area contributed by atoms with Gasteiger partial charge in [0.2, 0.25) is 0 Å². The first-order valence-corrected chi connectivity index (χ1v) is 7.20. The van der Waals surface area contributed by atoms with E-state index in [1.54, 1.807) is 0 Å². The molecule has 2 unspecified atom stereocenters. The number of hydrogen-bond acceptors (Lipinski definition) is 5. The minimum atomic E-state index is -5.88. The van der Waals surface area contributed by atoms with Gasteiger partial charge >= 0.3 is 21.5 Å². The van der Waals surface area contributed by atoms with Gasteiger partial charge in [0.15, 0.2) is 0 Å². The number of ether oxygens (including phenoxy) is 1. The van der Waals surface area contributed by atoms with Crippen molar-refractivity contribution in [3.8, 4) is 0 Å². The van der Waals surface area contributed by atoms with Gasteiger partial charge in [0.1, 0.15) is 0 Å². The molecule has 10 heteroatoms. The maximum Gasteiger partial charge on any atom is 0.518 e. The topological polar surface area (TPSA) is 95.9 Å². The minimum absolute atomic E-state index is 0.107. The quantitative estimate of drug-likeness (QED) is 0.431. The Balaban J connectivity index is 3.05. The average molecular weight is 316 g/mol. The van der Waals surface area contributed by atoms with E-state index in [4.69, 9.17) is 0 Å². The lowest BCUT2D eigenvalue weighted by atomic mass is 9.79. The van der Waals surface area contributed by atoms with E-state index in [1.807, 2.05) is 0 Å². The van der Waals surface area contributed by atoms with Gasteiger partial charge in [-0.15, -0.1) is 0 Å². The van der Waals surface area contributed by atoms with Crippen molar-refractivity contribution in [3.63, 3.8) is 0 Å². The number of esters is 1. The molecule has 1 rings (SSSR count). The fourth-order valence-electron chi connectivity index (χ4n) is 2.10. The van der Waals surface area contributed by atoms with Crippen LogP contribution in [0.25, 0.3) is 0 Å². The number of carbonyl (C=O) groups is 1. The number of hydrogen-bond donors (Lipinski definition) is 0. The van der Waals surface area contributed by atoms with E-state index in [1.165, 1.54) is 0 Å². The first-order chi connectivity index (χ1) is 9.10. The fourth-order valence-corrected chi connectivity index (χ4v) is 2.57. The number of rotatable bonds is 3. The molecule has 1 fully saturated rings. The Bertz CT molecular complexity index is 500. The Kier molecular flexibility index (Phi) is 5.00. The number of halogens is 3. The second-order valence-electron chi connectivity index (χ2n) is 4.37. The summed E-state index contributed by atoms with van der Waals surface area (Å²) in [6.45, 7) is 0. The average Bonchev–Trinajstić information content (AvgIpc) is 2.36. The molecule has 0 aromatic carbocycles. The summed E-state index contributed by atoms with van der Waals surface area (Å²) < 4.78 is 64.9. The molecular formula is C10H13F3NO5S-. The normalized spacial score (nSPS) is 25.3. The van der Waals surface area contributed by atoms with E-state index < -0.39 is 39.2 Å². The Hall–Kier alpha value is -1.32. The maximum absolute atomic E-state index is 12.2. The van der Waals surface area contributed by atoms with E-state index in [2.05, 4.69) is 9.13 Å². The highest BCUT2D eigenvalue weighted by molar-refractivity contribution is 7.91. The predicted octanol–water partition coefficient (Wildman–Crippen LogP) is 0.574. The monoisotopic (exact) mass is 316 g/mol. The van der Waals surface area contributed by atoms with Crippen molar-refractivity contribution in [2.45, 2.75) is 31.2 Å². The Morgan fingerprint density at radius 3 is 2.20 bits per heavy atom. The first-order valence-electron chi connectivity index (χ1n) is 5.76. The predicted molar refractivity (Wildman–Crippen MR) is 59.9 cm³/mol. The van der Waals surface area contributed by atoms with Crippen LogP contribution in [0.2, 0.25) is 0 Å². The van der Waals surface area contributed by atoms with Crippen molar-refractivity contribution in [2.75, 3.05) is 7.11 Å². The first kappa shape index (κ1) is 16.7. The van der Waals surface area contributed by atoms with Gasteiger partial charge in [0, 0.05) is 5.92 Å². The molecule has 0 heterocycles. The van der Waals surface area contributed by atoms with Crippen LogP contribution in [0.15, 0.2) is 4.40 Å². The molecule has 2 atom stereocenters. The number of sulfonamides is 1. The van der Waals surface area contributed by atoms with Crippen molar-refractivity contribution in [1.82, 2.24) is 0 Å². The van der Waals surface area contributed by atoms with E-state index in [0.29, 0.717) is 12.8 Å². The molecule has 1 aliphatic rings. The molecule has 116 valence electrons. The molecule has 0 spiro atoms. The fraction of sp³-hybridized carbons (Fsp3) is 0.800. The van der Waals surface area contributed by atoms with Gasteiger partial charge in [0.05, 0.1) is 13.0 Å². The summed E-state index contributed by atoms with van der Waals surface area (Å²) in [5, 5.41) is 11.6. The van der Waals surface area contributed by atoms with E-state index in [0.717, 1.165) is 7.11 Å². The molecule has 0 bridgehead atoms. The zero-order valence-electron chi connectivity index (χ0n) is 10.5. The van der Waals surface area contributed by atoms with Crippen LogP contribution in [0, 0.1) is 11.8 Å². The molecule has 0 aliphatic heterocycles.